The molecule has 0 aliphatic heterocycles. The van der Waals surface area contributed by atoms with Gasteiger partial charge in [-0.1, -0.05) is 30.3 Å². The van der Waals surface area contributed by atoms with E-state index in [1.807, 2.05) is 18.2 Å². The van der Waals surface area contributed by atoms with Gasteiger partial charge in [0.25, 0.3) is 0 Å². The standard InChI is InChI=1S/C7H6OS.Na.H/c8-7(9)6-4-2-1-3-5-6;;/h1-5H,(H,8,9);;. The normalized spacial score (nSPS) is 8.00. The molecule has 0 amide bonds. The van der Waals surface area contributed by atoms with Gasteiger partial charge in [-0.25, -0.2) is 0 Å². The van der Waals surface area contributed by atoms with Crippen LogP contribution in [0.5, 0.6) is 0 Å². The van der Waals surface area contributed by atoms with Crippen LogP contribution < -0.4 is 0 Å². The summed E-state index contributed by atoms with van der Waals surface area (Å²) in [7, 11) is 0. The third-order valence-electron chi connectivity index (χ3n) is 1.02. The molecule has 0 fully saturated rings. The van der Waals surface area contributed by atoms with Crippen LogP contribution in [0.15, 0.2) is 30.3 Å². The summed E-state index contributed by atoms with van der Waals surface area (Å²) < 4.78 is 0. The Bertz CT molecular complexity index is 210. The zero-order valence-corrected chi connectivity index (χ0v) is 5.56. The molecule has 1 nitrogen and oxygen atoms in total. The molecule has 0 saturated carbocycles. The summed E-state index contributed by atoms with van der Waals surface area (Å²) in [6.07, 6.45) is 0. The second kappa shape index (κ2) is 4.85. The van der Waals surface area contributed by atoms with E-state index >= 15 is 0 Å². The Kier molecular flexibility index (Phi) is 4.91. The number of benzene rings is 1. The van der Waals surface area contributed by atoms with E-state index in [-0.39, 0.29) is 34.6 Å². The number of aliphatic hydroxyl groups excluding tert-OH is 1. The van der Waals surface area contributed by atoms with Crippen molar-refractivity contribution < 1.29 is 5.11 Å². The van der Waals surface area contributed by atoms with Crippen molar-refractivity contribution >= 4 is 46.8 Å². The first kappa shape index (κ1) is 10.1. The van der Waals surface area contributed by atoms with E-state index in [0.29, 0.717) is 5.56 Å². The molecule has 3 heteroatoms. The first-order valence-electron chi connectivity index (χ1n) is 2.59. The SMILES string of the molecule is OC(=S)c1ccccc1.[NaH]. The van der Waals surface area contributed by atoms with Crippen LogP contribution in [0.1, 0.15) is 5.56 Å². The minimum atomic E-state index is -0.0457. The van der Waals surface area contributed by atoms with E-state index < -0.39 is 0 Å². The van der Waals surface area contributed by atoms with Crippen molar-refractivity contribution in [1.29, 1.82) is 0 Å². The Hall–Kier alpha value is 0.110. The van der Waals surface area contributed by atoms with E-state index in [0.717, 1.165) is 0 Å². The van der Waals surface area contributed by atoms with Gasteiger partial charge in [-0.2, -0.15) is 0 Å². The molecule has 0 spiro atoms. The predicted molar refractivity (Wildman–Crippen MR) is 47.9 cm³/mol. The van der Waals surface area contributed by atoms with E-state index in [1.165, 1.54) is 0 Å². The van der Waals surface area contributed by atoms with Crippen molar-refractivity contribution in [1.82, 2.24) is 0 Å². The van der Waals surface area contributed by atoms with Gasteiger partial charge in [-0.05, 0) is 12.2 Å². The summed E-state index contributed by atoms with van der Waals surface area (Å²) in [5.74, 6) is 0. The Balaban J connectivity index is 0.000000810. The third-order valence-corrected chi connectivity index (χ3v) is 1.26. The van der Waals surface area contributed by atoms with Crippen LogP contribution in [0.25, 0.3) is 0 Å². The number of hydrogen-bond acceptors (Lipinski definition) is 1. The maximum atomic E-state index is 8.76. The second-order valence-electron chi connectivity index (χ2n) is 1.67. The van der Waals surface area contributed by atoms with Gasteiger partial charge < -0.3 is 5.11 Å². The maximum absolute atomic E-state index is 8.76. The molecule has 0 radical (unpaired) electrons. The molecule has 0 bridgehead atoms. The number of hydrogen-bond donors (Lipinski definition) is 1. The van der Waals surface area contributed by atoms with Crippen LogP contribution in [0, 0.1) is 0 Å². The van der Waals surface area contributed by atoms with Crippen molar-refractivity contribution in [2.45, 2.75) is 0 Å². The average molecular weight is 162 g/mol. The van der Waals surface area contributed by atoms with Crippen molar-refractivity contribution in [3.8, 4) is 0 Å². The van der Waals surface area contributed by atoms with E-state index in [4.69, 9.17) is 5.11 Å². The first-order valence-corrected chi connectivity index (χ1v) is 3.00. The molecule has 0 saturated heterocycles. The first-order chi connectivity index (χ1) is 4.30. The Labute approximate surface area is 87.4 Å². The molecule has 0 heterocycles. The molecule has 1 N–H and O–H groups in total. The average Bonchev–Trinajstić information content (AvgIpc) is 1.90. The van der Waals surface area contributed by atoms with Gasteiger partial charge in [0.1, 0.15) is 0 Å². The Morgan fingerprint density at radius 1 is 1.20 bits per heavy atom. The molecular formula is C7H7NaOS. The third kappa shape index (κ3) is 2.80. The fraction of sp³-hybridized carbons (Fsp3) is 0. The monoisotopic (exact) mass is 162 g/mol. The van der Waals surface area contributed by atoms with Crippen LogP contribution in [-0.4, -0.2) is 39.7 Å². The summed E-state index contributed by atoms with van der Waals surface area (Å²) >= 11 is 4.52. The molecule has 0 aromatic heterocycles. The Morgan fingerprint density at radius 2 is 1.70 bits per heavy atom. The summed E-state index contributed by atoms with van der Waals surface area (Å²) in [4.78, 5) is 0. The van der Waals surface area contributed by atoms with Gasteiger partial charge in [0.15, 0.2) is 5.05 Å². The Morgan fingerprint density at radius 3 is 2.00 bits per heavy atom. The summed E-state index contributed by atoms with van der Waals surface area (Å²) in [5, 5.41) is 8.71. The van der Waals surface area contributed by atoms with Gasteiger partial charge in [0, 0.05) is 5.56 Å². The molecule has 0 unspecified atom stereocenters. The number of aliphatic hydroxyl groups is 1. The molecule has 48 valence electrons. The summed E-state index contributed by atoms with van der Waals surface area (Å²) in [6, 6.07) is 9.07. The molecule has 0 atom stereocenters. The molecular weight excluding hydrogens is 155 g/mol. The fourth-order valence-corrected chi connectivity index (χ4v) is 0.717. The van der Waals surface area contributed by atoms with Crippen LogP contribution >= 0.6 is 12.2 Å². The minimum absolute atomic E-state index is 0. The summed E-state index contributed by atoms with van der Waals surface area (Å²) in [6.45, 7) is 0. The van der Waals surface area contributed by atoms with Crippen molar-refractivity contribution in [2.24, 2.45) is 0 Å². The van der Waals surface area contributed by atoms with Crippen LogP contribution in [0.3, 0.4) is 0 Å². The molecule has 1 aromatic carbocycles. The van der Waals surface area contributed by atoms with Gasteiger partial charge in [0.2, 0.25) is 0 Å². The van der Waals surface area contributed by atoms with E-state index in [1.54, 1.807) is 12.1 Å². The van der Waals surface area contributed by atoms with Crippen LogP contribution in [-0.2, 0) is 0 Å². The van der Waals surface area contributed by atoms with Gasteiger partial charge >= 0.3 is 29.6 Å². The zero-order chi connectivity index (χ0) is 6.69. The van der Waals surface area contributed by atoms with E-state index in [2.05, 4.69) is 12.2 Å². The summed E-state index contributed by atoms with van der Waals surface area (Å²) in [5.41, 5.74) is 0.701. The predicted octanol–water partition coefficient (Wildman–Crippen LogP) is 1.27. The molecule has 0 aliphatic rings. The van der Waals surface area contributed by atoms with Gasteiger partial charge in [-0.15, -0.1) is 0 Å². The van der Waals surface area contributed by atoms with Crippen LogP contribution in [0.2, 0.25) is 0 Å². The van der Waals surface area contributed by atoms with Crippen molar-refractivity contribution in [3.05, 3.63) is 35.9 Å². The molecule has 10 heavy (non-hydrogen) atoms. The molecule has 0 aliphatic carbocycles. The quantitative estimate of drug-likeness (QED) is 0.495. The number of thiocarbonyl (C=S) groups is 1. The van der Waals surface area contributed by atoms with Crippen molar-refractivity contribution in [2.75, 3.05) is 0 Å². The van der Waals surface area contributed by atoms with Crippen LogP contribution in [0.4, 0.5) is 0 Å². The second-order valence-corrected chi connectivity index (χ2v) is 2.06. The number of rotatable bonds is 1. The molecule has 1 aromatic rings. The topological polar surface area (TPSA) is 20.2 Å². The zero-order valence-electron chi connectivity index (χ0n) is 4.74. The van der Waals surface area contributed by atoms with E-state index in [9.17, 15) is 0 Å². The van der Waals surface area contributed by atoms with Gasteiger partial charge in [0.05, 0.1) is 0 Å². The molecule has 1 rings (SSSR count). The fourth-order valence-electron chi connectivity index (χ4n) is 0.581. The van der Waals surface area contributed by atoms with Gasteiger partial charge in [-0.3, -0.25) is 0 Å². The van der Waals surface area contributed by atoms with Crippen molar-refractivity contribution in [3.63, 3.8) is 0 Å².